The van der Waals surface area contributed by atoms with E-state index in [1.807, 2.05) is 48.5 Å². The fourth-order valence-corrected chi connectivity index (χ4v) is 4.08. The Morgan fingerprint density at radius 1 is 1.00 bits per heavy atom. The van der Waals surface area contributed by atoms with E-state index in [4.69, 9.17) is 0 Å². The minimum absolute atomic E-state index is 0.312. The molecule has 2 aromatic carbocycles. The van der Waals surface area contributed by atoms with Crippen LogP contribution in [0, 0.1) is 33.5 Å². The Balaban J connectivity index is 1.87. The summed E-state index contributed by atoms with van der Waals surface area (Å²) in [6.07, 6.45) is 0. The Bertz CT molecular complexity index is 954. The Morgan fingerprint density at radius 3 is 2.12 bits per heavy atom. The van der Waals surface area contributed by atoms with Gasteiger partial charge in [0.1, 0.15) is 5.41 Å². The van der Waals surface area contributed by atoms with Crippen LogP contribution < -0.4 is 5.01 Å². The normalized spacial score (nSPS) is 26.0. The fourth-order valence-electron chi connectivity index (χ4n) is 4.08. The molecule has 0 radical (unpaired) electrons. The fraction of sp³-hybridized carbons (Fsp3) is 0.200. The maximum atomic E-state index is 13.3. The molecule has 120 valence electrons. The van der Waals surface area contributed by atoms with E-state index in [-0.39, 0.29) is 5.91 Å². The van der Waals surface area contributed by atoms with E-state index in [0.717, 1.165) is 5.56 Å². The number of nitriles is 2. The monoisotopic (exact) mass is 326 g/mol. The minimum atomic E-state index is -1.43. The first kappa shape index (κ1) is 15.1. The zero-order valence-electron chi connectivity index (χ0n) is 13.5. The van der Waals surface area contributed by atoms with Gasteiger partial charge in [0, 0.05) is 5.92 Å². The third-order valence-electron chi connectivity index (χ3n) is 5.24. The molecule has 1 spiro atoms. The lowest BCUT2D eigenvalue weighted by atomic mass is 9.90. The SMILES string of the molecule is CC1=NN(c2ccccc2)C(=O)[C@]12[C@H](c1ccccc1)C2(C#N)C#N. The van der Waals surface area contributed by atoms with Crippen molar-refractivity contribution in [2.45, 2.75) is 12.8 Å². The Labute approximate surface area is 145 Å². The van der Waals surface area contributed by atoms with Crippen LogP contribution in [0.1, 0.15) is 18.4 Å². The molecule has 0 unspecified atom stereocenters. The Morgan fingerprint density at radius 2 is 1.56 bits per heavy atom. The molecule has 1 heterocycles. The summed E-state index contributed by atoms with van der Waals surface area (Å²) in [7, 11) is 0. The lowest BCUT2D eigenvalue weighted by Crippen LogP contribution is -2.32. The number of hydrogen-bond donors (Lipinski definition) is 0. The number of nitrogens with zero attached hydrogens (tertiary/aromatic N) is 4. The maximum Gasteiger partial charge on any atom is 0.262 e. The number of benzene rings is 2. The summed E-state index contributed by atoms with van der Waals surface area (Å²) in [5.74, 6) is -0.825. The van der Waals surface area contributed by atoms with E-state index in [2.05, 4.69) is 17.2 Å². The largest absolute Gasteiger partial charge is 0.271 e. The standard InChI is InChI=1S/C20H14N4O/c1-14-20(18(25)24(23-14)16-10-6-3-7-11-16)17(19(20,12-21)13-22)15-8-4-2-5-9-15/h2-11,17H,1H3/t17-,20-/m1/s1. The highest BCUT2D eigenvalue weighted by Crippen LogP contribution is 2.76. The summed E-state index contributed by atoms with van der Waals surface area (Å²) in [6.45, 7) is 1.73. The highest BCUT2D eigenvalue weighted by Gasteiger charge is 2.87. The van der Waals surface area contributed by atoms with Crippen LogP contribution in [0.4, 0.5) is 5.69 Å². The quantitative estimate of drug-likeness (QED) is 0.849. The van der Waals surface area contributed by atoms with Gasteiger partial charge in [-0.1, -0.05) is 48.5 Å². The molecular formula is C20H14N4O. The average Bonchev–Trinajstić information content (AvgIpc) is 3.22. The van der Waals surface area contributed by atoms with Crippen molar-refractivity contribution in [1.82, 2.24) is 0 Å². The van der Waals surface area contributed by atoms with Gasteiger partial charge in [-0.2, -0.15) is 20.6 Å². The summed E-state index contributed by atoms with van der Waals surface area (Å²) >= 11 is 0. The zero-order chi connectivity index (χ0) is 17.7. The molecule has 2 aliphatic rings. The second-order valence-electron chi connectivity index (χ2n) is 6.32. The third kappa shape index (κ3) is 1.65. The number of anilines is 1. The number of hydrazone groups is 1. The molecule has 25 heavy (non-hydrogen) atoms. The number of rotatable bonds is 2. The minimum Gasteiger partial charge on any atom is -0.271 e. The van der Waals surface area contributed by atoms with Crippen molar-refractivity contribution >= 4 is 17.3 Å². The third-order valence-corrected chi connectivity index (χ3v) is 5.24. The van der Waals surface area contributed by atoms with Crippen LogP contribution in [0.5, 0.6) is 0 Å². The number of hydrogen-bond acceptors (Lipinski definition) is 4. The molecule has 5 nitrogen and oxygen atoms in total. The van der Waals surface area contributed by atoms with E-state index in [0.29, 0.717) is 11.4 Å². The summed E-state index contributed by atoms with van der Waals surface area (Å²) in [4.78, 5) is 13.3. The van der Waals surface area contributed by atoms with Crippen molar-refractivity contribution in [3.63, 3.8) is 0 Å². The van der Waals surface area contributed by atoms with Crippen molar-refractivity contribution in [2.24, 2.45) is 15.9 Å². The van der Waals surface area contributed by atoms with Crippen molar-refractivity contribution in [2.75, 3.05) is 5.01 Å². The van der Waals surface area contributed by atoms with Gasteiger partial charge in [0.15, 0.2) is 5.41 Å². The highest BCUT2D eigenvalue weighted by atomic mass is 16.2. The summed E-state index contributed by atoms with van der Waals surface area (Å²) in [5.41, 5.74) is -0.690. The van der Waals surface area contributed by atoms with Crippen molar-refractivity contribution in [3.8, 4) is 12.1 Å². The summed E-state index contributed by atoms with van der Waals surface area (Å²) in [5, 5.41) is 25.4. The Hall–Kier alpha value is -3.44. The number of carbonyl (C=O) groups excluding carboxylic acids is 1. The van der Waals surface area contributed by atoms with E-state index in [9.17, 15) is 15.3 Å². The van der Waals surface area contributed by atoms with Gasteiger partial charge >= 0.3 is 0 Å². The molecule has 2 aromatic rings. The molecule has 0 N–H and O–H groups in total. The van der Waals surface area contributed by atoms with Crippen LogP contribution in [0.3, 0.4) is 0 Å². The second kappa shape index (κ2) is 5.03. The zero-order valence-corrected chi connectivity index (χ0v) is 13.5. The molecule has 1 amide bonds. The number of carbonyl (C=O) groups is 1. The highest BCUT2D eigenvalue weighted by molar-refractivity contribution is 6.24. The molecule has 0 bridgehead atoms. The van der Waals surface area contributed by atoms with Crippen molar-refractivity contribution in [1.29, 1.82) is 10.5 Å². The van der Waals surface area contributed by atoms with E-state index in [1.54, 1.807) is 19.1 Å². The van der Waals surface area contributed by atoms with Gasteiger partial charge in [0.25, 0.3) is 5.91 Å². The maximum absolute atomic E-state index is 13.3. The van der Waals surface area contributed by atoms with Gasteiger partial charge in [-0.15, -0.1) is 0 Å². The average molecular weight is 326 g/mol. The van der Waals surface area contributed by atoms with Gasteiger partial charge in [-0.3, -0.25) is 4.79 Å². The number of amides is 1. The van der Waals surface area contributed by atoms with Crippen molar-refractivity contribution < 1.29 is 4.79 Å². The predicted molar refractivity (Wildman–Crippen MR) is 92.3 cm³/mol. The van der Waals surface area contributed by atoms with Gasteiger partial charge < -0.3 is 0 Å². The van der Waals surface area contributed by atoms with Gasteiger partial charge in [-0.05, 0) is 24.6 Å². The molecule has 1 aliphatic heterocycles. The second-order valence-corrected chi connectivity index (χ2v) is 6.32. The predicted octanol–water partition coefficient (Wildman–Crippen LogP) is 3.23. The summed E-state index contributed by atoms with van der Waals surface area (Å²) < 4.78 is 0. The molecule has 0 saturated heterocycles. The lowest BCUT2D eigenvalue weighted by Gasteiger charge is -2.14. The molecule has 0 aromatic heterocycles. The molecular weight excluding hydrogens is 312 g/mol. The Kier molecular flexibility index (Phi) is 3.04. The van der Waals surface area contributed by atoms with E-state index >= 15 is 0 Å². The first-order valence-electron chi connectivity index (χ1n) is 7.96. The summed E-state index contributed by atoms with van der Waals surface area (Å²) in [6, 6.07) is 22.6. The van der Waals surface area contributed by atoms with Gasteiger partial charge in [0.2, 0.25) is 0 Å². The van der Waals surface area contributed by atoms with E-state index < -0.39 is 16.7 Å². The topological polar surface area (TPSA) is 80.2 Å². The van der Waals surface area contributed by atoms with Crippen LogP contribution in [0.15, 0.2) is 65.8 Å². The molecule has 2 atom stereocenters. The van der Waals surface area contributed by atoms with Gasteiger partial charge in [-0.25, -0.2) is 0 Å². The first-order chi connectivity index (χ1) is 12.1. The molecule has 1 fully saturated rings. The van der Waals surface area contributed by atoms with Crippen LogP contribution in [-0.4, -0.2) is 11.6 Å². The van der Waals surface area contributed by atoms with Crippen molar-refractivity contribution in [3.05, 3.63) is 66.2 Å². The molecule has 4 rings (SSSR count). The lowest BCUT2D eigenvalue weighted by molar-refractivity contribution is -0.121. The van der Waals surface area contributed by atoms with Crippen LogP contribution in [-0.2, 0) is 4.79 Å². The van der Waals surface area contributed by atoms with Crippen LogP contribution >= 0.6 is 0 Å². The van der Waals surface area contributed by atoms with Gasteiger partial charge in [0.05, 0.1) is 23.5 Å². The molecule has 1 aliphatic carbocycles. The smallest absolute Gasteiger partial charge is 0.262 e. The van der Waals surface area contributed by atoms with Crippen LogP contribution in [0.25, 0.3) is 0 Å². The van der Waals surface area contributed by atoms with E-state index in [1.165, 1.54) is 5.01 Å². The molecule has 1 saturated carbocycles. The number of para-hydroxylation sites is 1. The van der Waals surface area contributed by atoms with Crippen LogP contribution in [0.2, 0.25) is 0 Å². The molecule has 5 heteroatoms. The first-order valence-corrected chi connectivity index (χ1v) is 7.96.